The van der Waals surface area contributed by atoms with Gasteiger partial charge in [-0.15, -0.1) is 0 Å². The van der Waals surface area contributed by atoms with Gasteiger partial charge in [-0.1, -0.05) is 18.2 Å². The normalized spacial score (nSPS) is 17.6. The van der Waals surface area contributed by atoms with Crippen molar-refractivity contribution in [3.63, 3.8) is 0 Å². The highest BCUT2D eigenvalue weighted by Gasteiger charge is 2.31. The molecule has 1 aromatic rings. The zero-order chi connectivity index (χ0) is 15.2. The molecule has 5 nitrogen and oxygen atoms in total. The van der Waals surface area contributed by atoms with E-state index in [4.69, 9.17) is 9.47 Å². The molecular formula is C16H21NO4. The van der Waals surface area contributed by atoms with Crippen molar-refractivity contribution in [1.82, 2.24) is 4.90 Å². The molecule has 1 heterocycles. The zero-order valence-electron chi connectivity index (χ0n) is 12.5. The molecule has 5 heteroatoms. The number of benzene rings is 1. The van der Waals surface area contributed by atoms with Gasteiger partial charge in [-0.2, -0.15) is 0 Å². The number of carbonyl (C=O) groups is 2. The van der Waals surface area contributed by atoms with Crippen molar-refractivity contribution in [3.05, 3.63) is 29.8 Å². The van der Waals surface area contributed by atoms with E-state index in [9.17, 15) is 9.59 Å². The highest BCUT2D eigenvalue weighted by molar-refractivity contribution is 5.79. The van der Waals surface area contributed by atoms with Crippen LogP contribution in [0, 0.1) is 5.92 Å². The van der Waals surface area contributed by atoms with Crippen LogP contribution in [0.25, 0.3) is 0 Å². The van der Waals surface area contributed by atoms with E-state index in [0.29, 0.717) is 32.4 Å². The number of esters is 1. The number of methoxy groups -OCH3 is 2. The van der Waals surface area contributed by atoms with Crippen molar-refractivity contribution >= 4 is 11.9 Å². The van der Waals surface area contributed by atoms with Crippen LogP contribution in [0.5, 0.6) is 5.75 Å². The molecule has 2 rings (SSSR count). The molecule has 1 atom stereocenters. The van der Waals surface area contributed by atoms with Gasteiger partial charge < -0.3 is 14.4 Å². The molecule has 1 aliphatic rings. The molecular weight excluding hydrogens is 270 g/mol. The maximum atomic E-state index is 12.2. The molecule has 1 saturated heterocycles. The monoisotopic (exact) mass is 291 g/mol. The summed E-state index contributed by atoms with van der Waals surface area (Å²) in [5, 5.41) is 0. The summed E-state index contributed by atoms with van der Waals surface area (Å²) in [6.07, 6.45) is 1.75. The second-order valence-corrected chi connectivity index (χ2v) is 5.16. The summed E-state index contributed by atoms with van der Waals surface area (Å²) in [5.74, 6) is 0.478. The van der Waals surface area contributed by atoms with Gasteiger partial charge in [0.25, 0.3) is 0 Å². The minimum atomic E-state index is -0.227. The lowest BCUT2D eigenvalue weighted by Gasteiger charge is -2.16. The summed E-state index contributed by atoms with van der Waals surface area (Å²) in [6, 6.07) is 7.70. The van der Waals surface area contributed by atoms with Gasteiger partial charge in [-0.25, -0.2) is 0 Å². The van der Waals surface area contributed by atoms with Crippen LogP contribution in [0.3, 0.4) is 0 Å². The number of hydrogen-bond acceptors (Lipinski definition) is 4. The SMILES string of the molecule is COC(=O)C1CCN(C(=O)CCc2ccccc2OC)C1. The van der Waals surface area contributed by atoms with Crippen LogP contribution in [0.2, 0.25) is 0 Å². The highest BCUT2D eigenvalue weighted by atomic mass is 16.5. The summed E-state index contributed by atoms with van der Waals surface area (Å²) in [5.41, 5.74) is 1.03. The molecule has 0 spiro atoms. The molecule has 0 aromatic heterocycles. The predicted octanol–water partition coefficient (Wildman–Crippen LogP) is 1.65. The second kappa shape index (κ2) is 7.11. The number of rotatable bonds is 5. The summed E-state index contributed by atoms with van der Waals surface area (Å²) in [7, 11) is 3.01. The Morgan fingerprint density at radius 3 is 2.76 bits per heavy atom. The van der Waals surface area contributed by atoms with Crippen LogP contribution in [0.1, 0.15) is 18.4 Å². The van der Waals surface area contributed by atoms with Crippen LogP contribution in [-0.4, -0.2) is 44.1 Å². The van der Waals surface area contributed by atoms with Crippen molar-refractivity contribution in [2.24, 2.45) is 5.92 Å². The minimum absolute atomic E-state index is 0.0762. The Morgan fingerprint density at radius 1 is 1.29 bits per heavy atom. The maximum absolute atomic E-state index is 12.2. The zero-order valence-corrected chi connectivity index (χ0v) is 12.5. The number of hydrogen-bond donors (Lipinski definition) is 0. The lowest BCUT2D eigenvalue weighted by atomic mass is 10.1. The first-order valence-electron chi connectivity index (χ1n) is 7.13. The number of likely N-dealkylation sites (tertiary alicyclic amines) is 1. The van der Waals surface area contributed by atoms with E-state index < -0.39 is 0 Å². The Bertz CT molecular complexity index is 515. The average molecular weight is 291 g/mol. The topological polar surface area (TPSA) is 55.8 Å². The van der Waals surface area contributed by atoms with E-state index in [1.54, 1.807) is 12.0 Å². The molecule has 0 aliphatic carbocycles. The first-order chi connectivity index (χ1) is 10.2. The van der Waals surface area contributed by atoms with Gasteiger partial charge in [-0.3, -0.25) is 9.59 Å². The van der Waals surface area contributed by atoms with Crippen LogP contribution >= 0.6 is 0 Å². The van der Waals surface area contributed by atoms with E-state index in [0.717, 1.165) is 11.3 Å². The van der Waals surface area contributed by atoms with E-state index in [2.05, 4.69) is 0 Å². The van der Waals surface area contributed by atoms with Gasteiger partial charge >= 0.3 is 5.97 Å². The van der Waals surface area contributed by atoms with Crippen LogP contribution in [0.15, 0.2) is 24.3 Å². The predicted molar refractivity (Wildman–Crippen MR) is 78.0 cm³/mol. The van der Waals surface area contributed by atoms with Crippen molar-refractivity contribution < 1.29 is 19.1 Å². The molecule has 0 radical (unpaired) electrons. The molecule has 1 fully saturated rings. The Balaban J connectivity index is 1.87. The summed E-state index contributed by atoms with van der Waals surface area (Å²) in [4.78, 5) is 25.4. The number of carbonyl (C=O) groups excluding carboxylic acids is 2. The van der Waals surface area contributed by atoms with Gasteiger partial charge in [0.15, 0.2) is 0 Å². The summed E-state index contributed by atoms with van der Waals surface area (Å²) in [6.45, 7) is 1.10. The Morgan fingerprint density at radius 2 is 2.05 bits per heavy atom. The Kier molecular flexibility index (Phi) is 5.20. The lowest BCUT2D eigenvalue weighted by Crippen LogP contribution is -2.30. The van der Waals surface area contributed by atoms with Gasteiger partial charge in [0, 0.05) is 19.5 Å². The number of amides is 1. The van der Waals surface area contributed by atoms with Crippen molar-refractivity contribution in [2.75, 3.05) is 27.3 Å². The van der Waals surface area contributed by atoms with E-state index >= 15 is 0 Å². The largest absolute Gasteiger partial charge is 0.496 e. The van der Waals surface area contributed by atoms with Gasteiger partial charge in [-0.05, 0) is 24.5 Å². The quantitative estimate of drug-likeness (QED) is 0.774. The third-order valence-corrected chi connectivity index (χ3v) is 3.88. The summed E-state index contributed by atoms with van der Waals surface area (Å²) < 4.78 is 10.0. The van der Waals surface area contributed by atoms with E-state index in [1.165, 1.54) is 7.11 Å². The Labute approximate surface area is 124 Å². The molecule has 0 N–H and O–H groups in total. The van der Waals surface area contributed by atoms with E-state index in [1.807, 2.05) is 24.3 Å². The molecule has 0 saturated carbocycles. The Hall–Kier alpha value is -2.04. The first-order valence-corrected chi connectivity index (χ1v) is 7.13. The number of ether oxygens (including phenoxy) is 2. The van der Waals surface area contributed by atoms with Gasteiger partial charge in [0.2, 0.25) is 5.91 Å². The average Bonchev–Trinajstić information content (AvgIpc) is 3.02. The fourth-order valence-electron chi connectivity index (χ4n) is 2.66. The molecule has 1 amide bonds. The first kappa shape index (κ1) is 15.4. The maximum Gasteiger partial charge on any atom is 0.310 e. The third kappa shape index (κ3) is 3.74. The fraction of sp³-hybridized carbons (Fsp3) is 0.500. The summed E-state index contributed by atoms with van der Waals surface area (Å²) >= 11 is 0. The fourth-order valence-corrected chi connectivity index (χ4v) is 2.66. The van der Waals surface area contributed by atoms with Gasteiger partial charge in [0.1, 0.15) is 5.75 Å². The minimum Gasteiger partial charge on any atom is -0.496 e. The smallest absolute Gasteiger partial charge is 0.310 e. The number of aryl methyl sites for hydroxylation is 1. The van der Waals surface area contributed by atoms with Crippen molar-refractivity contribution in [1.29, 1.82) is 0 Å². The third-order valence-electron chi connectivity index (χ3n) is 3.88. The van der Waals surface area contributed by atoms with Crippen molar-refractivity contribution in [3.8, 4) is 5.75 Å². The molecule has 1 aliphatic heterocycles. The van der Waals surface area contributed by atoms with Gasteiger partial charge in [0.05, 0.1) is 20.1 Å². The van der Waals surface area contributed by atoms with Crippen molar-refractivity contribution in [2.45, 2.75) is 19.3 Å². The highest BCUT2D eigenvalue weighted by Crippen LogP contribution is 2.21. The standard InChI is InChI=1S/C16H21NO4/c1-20-14-6-4-3-5-12(14)7-8-15(18)17-10-9-13(11-17)16(19)21-2/h3-6,13H,7-11H2,1-2H3. The van der Waals surface area contributed by atoms with Crippen LogP contribution in [0.4, 0.5) is 0 Å². The van der Waals surface area contributed by atoms with Crippen LogP contribution in [-0.2, 0) is 20.7 Å². The lowest BCUT2D eigenvalue weighted by molar-refractivity contribution is -0.145. The number of para-hydroxylation sites is 1. The molecule has 0 bridgehead atoms. The number of nitrogens with zero attached hydrogens (tertiary/aromatic N) is 1. The molecule has 1 aromatic carbocycles. The molecule has 114 valence electrons. The second-order valence-electron chi connectivity index (χ2n) is 5.16. The van der Waals surface area contributed by atoms with E-state index in [-0.39, 0.29) is 17.8 Å². The molecule has 21 heavy (non-hydrogen) atoms. The molecule has 1 unspecified atom stereocenters. The van der Waals surface area contributed by atoms with Crippen LogP contribution < -0.4 is 4.74 Å².